The summed E-state index contributed by atoms with van der Waals surface area (Å²) in [5, 5.41) is 5.07. The Morgan fingerprint density at radius 3 is 2.38 bits per heavy atom. The van der Waals surface area contributed by atoms with Gasteiger partial charge in [-0.25, -0.2) is 13.2 Å². The molecule has 0 unspecified atom stereocenters. The third kappa shape index (κ3) is 5.21. The first kappa shape index (κ1) is 21.4. The summed E-state index contributed by atoms with van der Waals surface area (Å²) in [6.07, 6.45) is 1.19. The van der Waals surface area contributed by atoms with Crippen LogP contribution in [-0.2, 0) is 19.6 Å². The molecule has 10 heteroatoms. The van der Waals surface area contributed by atoms with E-state index in [1.807, 2.05) is 40.6 Å². The van der Waals surface area contributed by atoms with Crippen LogP contribution < -0.4 is 5.32 Å². The monoisotopic (exact) mass is 437 g/mol. The van der Waals surface area contributed by atoms with Gasteiger partial charge in [-0.3, -0.25) is 9.69 Å². The summed E-state index contributed by atoms with van der Waals surface area (Å²) < 4.78 is 29.5. The molecule has 156 valence electrons. The predicted octanol–water partition coefficient (Wildman–Crippen LogP) is 1.72. The zero-order valence-corrected chi connectivity index (χ0v) is 17.9. The molecule has 1 saturated heterocycles. The van der Waals surface area contributed by atoms with Gasteiger partial charge in [0.15, 0.2) is 0 Å². The minimum absolute atomic E-state index is 0.122. The minimum atomic E-state index is -3.21. The van der Waals surface area contributed by atoms with Gasteiger partial charge in [-0.1, -0.05) is 30.3 Å². The number of amides is 1. The van der Waals surface area contributed by atoms with Crippen molar-refractivity contribution in [1.82, 2.24) is 9.21 Å². The maximum Gasteiger partial charge on any atom is 0.341 e. The topological polar surface area (TPSA) is 96.0 Å². The number of methoxy groups -OCH3 is 1. The number of carbonyl (C=O) groups excluding carboxylic acids is 2. The molecule has 0 atom stereocenters. The molecular formula is C19H23N3O5S2. The van der Waals surface area contributed by atoms with Gasteiger partial charge in [0, 0.05) is 37.1 Å². The van der Waals surface area contributed by atoms with Gasteiger partial charge >= 0.3 is 5.97 Å². The van der Waals surface area contributed by atoms with Crippen molar-refractivity contribution in [2.24, 2.45) is 0 Å². The molecule has 1 aromatic heterocycles. The van der Waals surface area contributed by atoms with Crippen LogP contribution in [0.5, 0.6) is 0 Å². The molecule has 1 aromatic carbocycles. The minimum Gasteiger partial charge on any atom is -0.465 e. The highest BCUT2D eigenvalue weighted by atomic mass is 32.2. The summed E-state index contributed by atoms with van der Waals surface area (Å²) >= 11 is 1.27. The molecule has 1 aliphatic rings. The largest absolute Gasteiger partial charge is 0.465 e. The summed E-state index contributed by atoms with van der Waals surface area (Å²) in [7, 11) is -1.90. The van der Waals surface area contributed by atoms with E-state index in [9.17, 15) is 18.0 Å². The standard InChI is InChI=1S/C19H23N3O5S2/c1-27-19(24)17-15(14-6-4-3-5-7-14)13-28-18(17)20-16(23)12-21-8-10-22(11-9-21)29(2,25)26/h3-7,13H,8-12H2,1-2H3,(H,20,23). The molecule has 2 heterocycles. The second-order valence-corrected chi connectivity index (χ2v) is 9.56. The van der Waals surface area contributed by atoms with Crippen LogP contribution in [-0.4, -0.2) is 75.6 Å². The summed E-state index contributed by atoms with van der Waals surface area (Å²) in [6, 6.07) is 9.42. The Bertz CT molecular complexity index is 981. The third-order valence-corrected chi connectivity index (χ3v) is 6.88. The molecule has 1 fully saturated rings. The second-order valence-electron chi connectivity index (χ2n) is 6.70. The Kier molecular flexibility index (Phi) is 6.68. The van der Waals surface area contributed by atoms with Crippen molar-refractivity contribution in [3.8, 4) is 11.1 Å². The van der Waals surface area contributed by atoms with Gasteiger partial charge in [-0.15, -0.1) is 11.3 Å². The summed E-state index contributed by atoms with van der Waals surface area (Å²) in [5.74, 6) is -0.772. The van der Waals surface area contributed by atoms with Gasteiger partial charge in [0.25, 0.3) is 0 Å². The van der Waals surface area contributed by atoms with Crippen molar-refractivity contribution < 1.29 is 22.7 Å². The Hall–Kier alpha value is -2.27. The first-order valence-electron chi connectivity index (χ1n) is 9.02. The second kappa shape index (κ2) is 9.04. The number of nitrogens with zero attached hydrogens (tertiary/aromatic N) is 2. The molecule has 0 aliphatic carbocycles. The lowest BCUT2D eigenvalue weighted by Crippen LogP contribution is -2.50. The number of benzene rings is 1. The van der Waals surface area contributed by atoms with Crippen molar-refractivity contribution in [2.75, 3.05) is 51.4 Å². The fraction of sp³-hybridized carbons (Fsp3) is 0.368. The number of rotatable bonds is 6. The fourth-order valence-corrected chi connectivity index (χ4v) is 4.97. The summed E-state index contributed by atoms with van der Waals surface area (Å²) in [5.41, 5.74) is 1.90. The lowest BCUT2D eigenvalue weighted by atomic mass is 10.0. The van der Waals surface area contributed by atoms with E-state index in [0.717, 1.165) is 5.56 Å². The number of thiophene rings is 1. The number of hydrogen-bond donors (Lipinski definition) is 1. The molecule has 0 radical (unpaired) electrons. The number of ether oxygens (including phenoxy) is 1. The number of carbonyl (C=O) groups is 2. The molecule has 2 aromatic rings. The number of sulfonamides is 1. The van der Waals surface area contributed by atoms with Gasteiger partial charge < -0.3 is 10.1 Å². The van der Waals surface area contributed by atoms with Crippen LogP contribution in [0.4, 0.5) is 5.00 Å². The van der Waals surface area contributed by atoms with E-state index < -0.39 is 16.0 Å². The van der Waals surface area contributed by atoms with Gasteiger partial charge in [0.05, 0.1) is 19.9 Å². The smallest absolute Gasteiger partial charge is 0.341 e. The van der Waals surface area contributed by atoms with E-state index in [4.69, 9.17) is 4.74 Å². The molecule has 3 rings (SSSR count). The van der Waals surface area contributed by atoms with Gasteiger partial charge in [-0.2, -0.15) is 4.31 Å². The maximum atomic E-state index is 12.5. The van der Waals surface area contributed by atoms with Crippen molar-refractivity contribution in [3.05, 3.63) is 41.3 Å². The van der Waals surface area contributed by atoms with Crippen molar-refractivity contribution >= 4 is 38.2 Å². The quantitative estimate of drug-likeness (QED) is 0.692. The van der Waals surface area contributed by atoms with Crippen molar-refractivity contribution in [1.29, 1.82) is 0 Å². The Morgan fingerprint density at radius 2 is 1.79 bits per heavy atom. The highest BCUT2D eigenvalue weighted by molar-refractivity contribution is 7.88. The normalized spacial score (nSPS) is 15.8. The van der Waals surface area contributed by atoms with E-state index in [0.29, 0.717) is 42.3 Å². The molecule has 0 saturated carbocycles. The molecule has 1 N–H and O–H groups in total. The molecule has 0 spiro atoms. The van der Waals surface area contributed by atoms with Crippen LogP contribution in [0.3, 0.4) is 0 Å². The molecule has 0 bridgehead atoms. The Morgan fingerprint density at radius 1 is 1.14 bits per heavy atom. The van der Waals surface area contributed by atoms with Gasteiger partial charge in [0.1, 0.15) is 10.6 Å². The van der Waals surface area contributed by atoms with E-state index >= 15 is 0 Å². The predicted molar refractivity (Wildman–Crippen MR) is 113 cm³/mol. The number of esters is 1. The summed E-state index contributed by atoms with van der Waals surface area (Å²) in [6.45, 7) is 1.79. The van der Waals surface area contributed by atoms with E-state index in [-0.39, 0.29) is 12.5 Å². The fourth-order valence-electron chi connectivity index (χ4n) is 3.17. The van der Waals surface area contributed by atoms with Crippen LogP contribution in [0.2, 0.25) is 0 Å². The molecular weight excluding hydrogens is 414 g/mol. The Labute approximate surface area is 174 Å². The SMILES string of the molecule is COC(=O)c1c(-c2ccccc2)csc1NC(=O)CN1CCN(S(C)(=O)=O)CC1. The zero-order chi connectivity index (χ0) is 21.0. The van der Waals surface area contributed by atoms with Crippen LogP contribution in [0.15, 0.2) is 35.7 Å². The lowest BCUT2D eigenvalue weighted by Gasteiger charge is -2.32. The highest BCUT2D eigenvalue weighted by Gasteiger charge is 2.26. The number of hydrogen-bond acceptors (Lipinski definition) is 7. The molecule has 8 nitrogen and oxygen atoms in total. The van der Waals surface area contributed by atoms with Crippen molar-refractivity contribution in [2.45, 2.75) is 0 Å². The van der Waals surface area contributed by atoms with E-state index in [1.165, 1.54) is 29.0 Å². The van der Waals surface area contributed by atoms with Crippen molar-refractivity contribution in [3.63, 3.8) is 0 Å². The third-order valence-electron chi connectivity index (χ3n) is 4.69. The maximum absolute atomic E-state index is 12.5. The first-order valence-corrected chi connectivity index (χ1v) is 11.7. The number of anilines is 1. The van der Waals surface area contributed by atoms with E-state index in [1.54, 1.807) is 0 Å². The average molecular weight is 438 g/mol. The van der Waals surface area contributed by atoms with Crippen LogP contribution in [0, 0.1) is 0 Å². The molecule has 29 heavy (non-hydrogen) atoms. The molecule has 1 amide bonds. The number of piperazine rings is 1. The number of nitrogens with one attached hydrogen (secondary N) is 1. The zero-order valence-electron chi connectivity index (χ0n) is 16.3. The van der Waals surface area contributed by atoms with Crippen LogP contribution in [0.25, 0.3) is 11.1 Å². The van der Waals surface area contributed by atoms with Crippen LogP contribution in [0.1, 0.15) is 10.4 Å². The van der Waals surface area contributed by atoms with Gasteiger partial charge in [0.2, 0.25) is 15.9 Å². The molecule has 1 aliphatic heterocycles. The lowest BCUT2D eigenvalue weighted by molar-refractivity contribution is -0.117. The highest BCUT2D eigenvalue weighted by Crippen LogP contribution is 2.36. The summed E-state index contributed by atoms with van der Waals surface area (Å²) in [4.78, 5) is 26.8. The first-order chi connectivity index (χ1) is 13.8. The average Bonchev–Trinajstić information content (AvgIpc) is 3.11. The Balaban J connectivity index is 1.69. The van der Waals surface area contributed by atoms with Crippen LogP contribution >= 0.6 is 11.3 Å². The van der Waals surface area contributed by atoms with Gasteiger partial charge in [-0.05, 0) is 5.56 Å². The van der Waals surface area contributed by atoms with E-state index in [2.05, 4.69) is 5.32 Å².